The normalized spacial score (nSPS) is 14.3. The van der Waals surface area contributed by atoms with Crippen LogP contribution in [0.3, 0.4) is 0 Å². The van der Waals surface area contributed by atoms with Gasteiger partial charge in [-0.3, -0.25) is 4.79 Å². The smallest absolute Gasteiger partial charge is 0.226 e. The summed E-state index contributed by atoms with van der Waals surface area (Å²) in [7, 11) is 0. The zero-order chi connectivity index (χ0) is 17.5. The maximum absolute atomic E-state index is 12.8. The Kier molecular flexibility index (Phi) is 6.32. The van der Waals surface area contributed by atoms with E-state index in [-0.39, 0.29) is 5.92 Å². The van der Waals surface area contributed by atoms with Gasteiger partial charge in [-0.2, -0.15) is 0 Å². The molecule has 1 aromatic carbocycles. The predicted octanol–water partition coefficient (Wildman–Crippen LogP) is 4.86. The van der Waals surface area contributed by atoms with E-state index in [2.05, 4.69) is 59.0 Å². The second-order valence-corrected chi connectivity index (χ2v) is 7.21. The molecule has 0 atom stereocenters. The zero-order valence-corrected chi connectivity index (χ0v) is 15.4. The van der Waals surface area contributed by atoms with Crippen LogP contribution in [-0.4, -0.2) is 21.9 Å². The minimum Gasteiger partial charge on any atom is -0.345 e. The lowest BCUT2D eigenvalue weighted by molar-refractivity contribution is -0.139. The van der Waals surface area contributed by atoms with Gasteiger partial charge < -0.3 is 9.47 Å². The summed E-state index contributed by atoms with van der Waals surface area (Å²) in [6.45, 7) is 4.70. The number of hydrogen-bond acceptors (Lipinski definition) is 1. The highest BCUT2D eigenvalue weighted by molar-refractivity contribution is 5.79. The molecule has 0 saturated heterocycles. The van der Waals surface area contributed by atoms with Crippen molar-refractivity contribution >= 4 is 5.91 Å². The molecular formula is C22H30N2O. The maximum atomic E-state index is 12.8. The third-order valence-electron chi connectivity index (χ3n) is 5.27. The zero-order valence-electron chi connectivity index (χ0n) is 15.4. The third kappa shape index (κ3) is 4.75. The SMILES string of the molecule is CCCCCN(Cc1cccn1Cc1ccccc1)C(=O)C1CCC1. The van der Waals surface area contributed by atoms with Crippen LogP contribution in [0.1, 0.15) is 56.7 Å². The summed E-state index contributed by atoms with van der Waals surface area (Å²) in [6.07, 6.45) is 8.98. The minimum atomic E-state index is 0.277. The van der Waals surface area contributed by atoms with Crippen LogP contribution in [0, 0.1) is 5.92 Å². The van der Waals surface area contributed by atoms with Gasteiger partial charge in [0.1, 0.15) is 0 Å². The standard InChI is InChI=1S/C22H30N2O/c1-2-3-7-15-24(22(25)20-12-8-13-20)18-21-14-9-16-23(21)17-19-10-5-4-6-11-19/h4-6,9-11,14,16,20H,2-3,7-8,12-13,15,17-18H2,1H3. The summed E-state index contributed by atoms with van der Waals surface area (Å²) in [5.74, 6) is 0.647. The van der Waals surface area contributed by atoms with E-state index in [4.69, 9.17) is 0 Å². The Morgan fingerprint density at radius 1 is 1.12 bits per heavy atom. The number of carbonyl (C=O) groups excluding carboxylic acids is 1. The Morgan fingerprint density at radius 3 is 2.60 bits per heavy atom. The molecule has 0 bridgehead atoms. The molecule has 3 heteroatoms. The van der Waals surface area contributed by atoms with Gasteiger partial charge in [-0.05, 0) is 37.0 Å². The molecule has 2 aromatic rings. The molecule has 3 nitrogen and oxygen atoms in total. The molecule has 0 N–H and O–H groups in total. The molecule has 1 aromatic heterocycles. The second kappa shape index (κ2) is 8.89. The first-order valence-electron chi connectivity index (χ1n) is 9.74. The fourth-order valence-corrected chi connectivity index (χ4v) is 3.46. The number of amides is 1. The van der Waals surface area contributed by atoms with Crippen molar-refractivity contribution < 1.29 is 4.79 Å². The van der Waals surface area contributed by atoms with E-state index >= 15 is 0 Å². The highest BCUT2D eigenvalue weighted by Crippen LogP contribution is 2.29. The summed E-state index contributed by atoms with van der Waals surface area (Å²) in [6, 6.07) is 14.8. The van der Waals surface area contributed by atoms with Crippen molar-refractivity contribution in [2.75, 3.05) is 6.54 Å². The highest BCUT2D eigenvalue weighted by Gasteiger charge is 2.29. The van der Waals surface area contributed by atoms with Crippen molar-refractivity contribution in [1.82, 2.24) is 9.47 Å². The van der Waals surface area contributed by atoms with Gasteiger partial charge in [-0.1, -0.05) is 56.5 Å². The van der Waals surface area contributed by atoms with Crippen molar-refractivity contribution in [3.8, 4) is 0 Å². The van der Waals surface area contributed by atoms with Gasteiger partial charge in [-0.25, -0.2) is 0 Å². The minimum absolute atomic E-state index is 0.277. The lowest BCUT2D eigenvalue weighted by Crippen LogP contribution is -2.39. The molecule has 0 radical (unpaired) electrons. The Labute approximate surface area is 151 Å². The van der Waals surface area contributed by atoms with Crippen LogP contribution in [0.2, 0.25) is 0 Å². The summed E-state index contributed by atoms with van der Waals surface area (Å²) < 4.78 is 2.27. The van der Waals surface area contributed by atoms with E-state index in [1.54, 1.807) is 0 Å². The van der Waals surface area contributed by atoms with Crippen LogP contribution in [0.5, 0.6) is 0 Å². The number of rotatable bonds is 9. The molecule has 1 heterocycles. The molecule has 134 valence electrons. The largest absolute Gasteiger partial charge is 0.345 e. The van der Waals surface area contributed by atoms with E-state index in [9.17, 15) is 4.79 Å². The molecule has 3 rings (SSSR count). The van der Waals surface area contributed by atoms with Gasteiger partial charge >= 0.3 is 0 Å². The topological polar surface area (TPSA) is 25.2 Å². The first-order chi connectivity index (χ1) is 12.3. The monoisotopic (exact) mass is 338 g/mol. The number of hydrogen-bond donors (Lipinski definition) is 0. The van der Waals surface area contributed by atoms with Crippen molar-refractivity contribution in [3.05, 3.63) is 59.9 Å². The van der Waals surface area contributed by atoms with Gasteiger partial charge in [0.25, 0.3) is 0 Å². The van der Waals surface area contributed by atoms with Gasteiger partial charge in [0.2, 0.25) is 5.91 Å². The highest BCUT2D eigenvalue weighted by atomic mass is 16.2. The van der Waals surface area contributed by atoms with Crippen molar-refractivity contribution in [1.29, 1.82) is 0 Å². The molecule has 1 aliphatic rings. The predicted molar refractivity (Wildman–Crippen MR) is 102 cm³/mol. The molecule has 1 aliphatic carbocycles. The van der Waals surface area contributed by atoms with Crippen LogP contribution in [-0.2, 0) is 17.9 Å². The summed E-state index contributed by atoms with van der Waals surface area (Å²) in [5, 5.41) is 0. The number of carbonyl (C=O) groups is 1. The summed E-state index contributed by atoms with van der Waals surface area (Å²) in [4.78, 5) is 14.9. The van der Waals surface area contributed by atoms with Crippen molar-refractivity contribution in [2.45, 2.75) is 58.5 Å². The molecular weight excluding hydrogens is 308 g/mol. The quantitative estimate of drug-likeness (QED) is 0.600. The van der Waals surface area contributed by atoms with Crippen LogP contribution in [0.15, 0.2) is 48.7 Å². The van der Waals surface area contributed by atoms with E-state index in [0.29, 0.717) is 5.91 Å². The third-order valence-corrected chi connectivity index (χ3v) is 5.27. The van der Waals surface area contributed by atoms with E-state index in [0.717, 1.165) is 38.9 Å². The molecule has 25 heavy (non-hydrogen) atoms. The average Bonchev–Trinajstić information content (AvgIpc) is 3.00. The fourth-order valence-electron chi connectivity index (χ4n) is 3.46. The molecule has 0 spiro atoms. The van der Waals surface area contributed by atoms with Gasteiger partial charge in [-0.15, -0.1) is 0 Å². The molecule has 0 unspecified atom stereocenters. The number of benzene rings is 1. The van der Waals surface area contributed by atoms with E-state index < -0.39 is 0 Å². The summed E-state index contributed by atoms with van der Waals surface area (Å²) >= 11 is 0. The Bertz CT molecular complexity index is 658. The summed E-state index contributed by atoms with van der Waals surface area (Å²) in [5.41, 5.74) is 2.52. The maximum Gasteiger partial charge on any atom is 0.226 e. The first kappa shape index (κ1) is 17.8. The van der Waals surface area contributed by atoms with Crippen LogP contribution < -0.4 is 0 Å². The average molecular weight is 338 g/mol. The molecule has 1 fully saturated rings. The van der Waals surface area contributed by atoms with Crippen LogP contribution in [0.25, 0.3) is 0 Å². The number of nitrogens with zero attached hydrogens (tertiary/aromatic N) is 2. The number of unbranched alkanes of at least 4 members (excludes halogenated alkanes) is 2. The number of aromatic nitrogens is 1. The molecule has 1 amide bonds. The van der Waals surface area contributed by atoms with E-state index in [1.165, 1.54) is 30.5 Å². The Morgan fingerprint density at radius 2 is 1.92 bits per heavy atom. The lowest BCUT2D eigenvalue weighted by Gasteiger charge is -2.32. The van der Waals surface area contributed by atoms with Gasteiger partial charge in [0.05, 0.1) is 6.54 Å². The van der Waals surface area contributed by atoms with Crippen LogP contribution in [0.4, 0.5) is 0 Å². The first-order valence-corrected chi connectivity index (χ1v) is 9.74. The van der Waals surface area contributed by atoms with Gasteiger partial charge in [0.15, 0.2) is 0 Å². The van der Waals surface area contributed by atoms with Crippen molar-refractivity contribution in [2.24, 2.45) is 5.92 Å². The van der Waals surface area contributed by atoms with E-state index in [1.807, 2.05) is 6.07 Å². The Balaban J connectivity index is 1.68. The molecule has 1 saturated carbocycles. The van der Waals surface area contributed by atoms with Crippen molar-refractivity contribution in [3.63, 3.8) is 0 Å². The fraction of sp³-hybridized carbons (Fsp3) is 0.500. The van der Waals surface area contributed by atoms with Gasteiger partial charge in [0, 0.05) is 30.9 Å². The second-order valence-electron chi connectivity index (χ2n) is 7.21. The Hall–Kier alpha value is -2.03. The van der Waals surface area contributed by atoms with Crippen LogP contribution >= 0.6 is 0 Å². The lowest BCUT2D eigenvalue weighted by atomic mass is 9.84. The molecule has 0 aliphatic heterocycles.